The van der Waals surface area contributed by atoms with Crippen LogP contribution in [0.4, 0.5) is 0 Å². The smallest absolute Gasteiger partial charge is 0.314 e. The molecule has 0 unspecified atom stereocenters. The van der Waals surface area contributed by atoms with Gasteiger partial charge in [-0.15, -0.1) is 0 Å². The van der Waals surface area contributed by atoms with Crippen molar-refractivity contribution in [1.29, 1.82) is 0 Å². The summed E-state index contributed by atoms with van der Waals surface area (Å²) in [5.41, 5.74) is -2.77. The fraction of sp³-hybridized carbons (Fsp3) is 0.867. The van der Waals surface area contributed by atoms with Crippen LogP contribution in [0.2, 0.25) is 0 Å². The molecular formula is C30H46O6. The van der Waals surface area contributed by atoms with Crippen LogP contribution in [0.1, 0.15) is 99.3 Å². The molecule has 0 amide bonds. The second kappa shape index (κ2) is 7.59. The third-order valence-corrected chi connectivity index (χ3v) is 12.7. The zero-order valence-corrected chi connectivity index (χ0v) is 22.9. The zero-order chi connectivity index (χ0) is 26.7. The van der Waals surface area contributed by atoms with E-state index in [1.54, 1.807) is 0 Å². The Balaban J connectivity index is 1.70. The summed E-state index contributed by atoms with van der Waals surface area (Å²) in [5, 5.41) is 44.2. The number of allylic oxidation sites excluding steroid dienone is 1. The highest BCUT2D eigenvalue weighted by atomic mass is 16.4. The summed E-state index contributed by atoms with van der Waals surface area (Å²) in [6, 6.07) is 0. The molecule has 0 heterocycles. The molecule has 4 saturated carbocycles. The van der Waals surface area contributed by atoms with Crippen molar-refractivity contribution < 1.29 is 30.0 Å². The maximum absolute atomic E-state index is 13.5. The van der Waals surface area contributed by atoms with E-state index >= 15 is 0 Å². The molecule has 4 N–H and O–H groups in total. The SMILES string of the molecule is CC1(C)CC[C@@]2(C(=O)O)CC[C@]3(C(=O)O)C(=CC[C@H]4[C@]5(C)CC[C@@H](O)C(C)(C)[C@H]5[C@H](O)C[C@]43C)[C@H]2C1. The molecule has 5 aliphatic rings. The van der Waals surface area contributed by atoms with Crippen molar-refractivity contribution >= 4 is 11.9 Å². The normalized spacial score (nSPS) is 51.0. The maximum atomic E-state index is 13.5. The molecule has 0 radical (unpaired) electrons. The monoisotopic (exact) mass is 502 g/mol. The van der Waals surface area contributed by atoms with Crippen molar-refractivity contribution in [2.24, 2.45) is 50.2 Å². The Morgan fingerprint density at radius 1 is 0.861 bits per heavy atom. The van der Waals surface area contributed by atoms with Crippen LogP contribution in [0.15, 0.2) is 11.6 Å². The van der Waals surface area contributed by atoms with Gasteiger partial charge in [-0.2, -0.15) is 0 Å². The second-order valence-corrected chi connectivity index (χ2v) is 15.1. The van der Waals surface area contributed by atoms with Crippen LogP contribution in [0.5, 0.6) is 0 Å². The quantitative estimate of drug-likeness (QED) is 0.383. The van der Waals surface area contributed by atoms with Gasteiger partial charge in [-0.3, -0.25) is 9.59 Å². The first kappa shape index (κ1) is 26.2. The molecule has 5 rings (SSSR count). The van der Waals surface area contributed by atoms with E-state index in [0.717, 1.165) is 18.4 Å². The van der Waals surface area contributed by atoms with E-state index in [9.17, 15) is 30.0 Å². The number of carboxylic acid groups (broad SMARTS) is 2. The van der Waals surface area contributed by atoms with Gasteiger partial charge >= 0.3 is 11.9 Å². The first-order chi connectivity index (χ1) is 16.5. The summed E-state index contributed by atoms with van der Waals surface area (Å²) in [6.07, 6.45) is 6.19. The predicted molar refractivity (Wildman–Crippen MR) is 136 cm³/mol. The highest BCUT2D eigenvalue weighted by Gasteiger charge is 2.74. The minimum absolute atomic E-state index is 0.0407. The molecule has 5 aliphatic carbocycles. The van der Waals surface area contributed by atoms with Gasteiger partial charge in [-0.25, -0.2) is 0 Å². The molecule has 0 aromatic rings. The summed E-state index contributed by atoms with van der Waals surface area (Å²) in [5.74, 6) is -2.02. The van der Waals surface area contributed by atoms with Crippen molar-refractivity contribution in [1.82, 2.24) is 0 Å². The number of aliphatic carboxylic acids is 2. The van der Waals surface area contributed by atoms with E-state index in [1.165, 1.54) is 0 Å². The summed E-state index contributed by atoms with van der Waals surface area (Å²) >= 11 is 0. The van der Waals surface area contributed by atoms with Crippen molar-refractivity contribution in [3.05, 3.63) is 11.6 Å². The Bertz CT molecular complexity index is 1010. The van der Waals surface area contributed by atoms with E-state index in [1.807, 2.05) is 0 Å². The Morgan fingerprint density at radius 2 is 1.50 bits per heavy atom. The molecule has 0 saturated heterocycles. The highest BCUT2D eigenvalue weighted by Crippen LogP contribution is 2.75. The van der Waals surface area contributed by atoms with Crippen LogP contribution < -0.4 is 0 Å². The summed E-state index contributed by atoms with van der Waals surface area (Å²) in [6.45, 7) is 12.8. The number of carbonyl (C=O) groups is 2. The van der Waals surface area contributed by atoms with Gasteiger partial charge in [0.2, 0.25) is 0 Å². The topological polar surface area (TPSA) is 115 Å². The van der Waals surface area contributed by atoms with Crippen LogP contribution in [-0.4, -0.2) is 44.6 Å². The molecule has 36 heavy (non-hydrogen) atoms. The molecule has 202 valence electrons. The van der Waals surface area contributed by atoms with Crippen LogP contribution >= 0.6 is 0 Å². The highest BCUT2D eigenvalue weighted by molar-refractivity contribution is 5.84. The first-order valence-electron chi connectivity index (χ1n) is 14.0. The molecule has 0 bridgehead atoms. The molecule has 4 fully saturated rings. The van der Waals surface area contributed by atoms with Gasteiger partial charge in [-0.05, 0) is 97.2 Å². The third kappa shape index (κ3) is 2.98. The largest absolute Gasteiger partial charge is 0.481 e. The van der Waals surface area contributed by atoms with Gasteiger partial charge in [0, 0.05) is 0 Å². The van der Waals surface area contributed by atoms with Gasteiger partial charge in [0.15, 0.2) is 0 Å². The van der Waals surface area contributed by atoms with Crippen LogP contribution in [0.3, 0.4) is 0 Å². The number of aliphatic hydroxyl groups is 2. The van der Waals surface area contributed by atoms with E-state index in [-0.39, 0.29) is 28.6 Å². The fourth-order valence-corrected chi connectivity index (χ4v) is 10.9. The molecule has 9 atom stereocenters. The standard InChI is InChI=1S/C30H46O6/c1-25(2)11-12-29(23(33)34)13-14-30(24(35)36)17(18(29)15-25)7-8-20-27(5)10-9-21(32)26(3,4)22(27)19(31)16-28(20,30)6/h7,18-22,31-32H,8-16H2,1-6H3,(H,33,34)(H,35,36)/t18-,19-,20+,21-,22-,27+,28-,29-,30-/m1/s1. The Labute approximate surface area is 215 Å². The minimum Gasteiger partial charge on any atom is -0.481 e. The van der Waals surface area contributed by atoms with E-state index in [0.29, 0.717) is 44.9 Å². The number of rotatable bonds is 2. The summed E-state index contributed by atoms with van der Waals surface area (Å²) < 4.78 is 0. The number of carboxylic acids is 2. The van der Waals surface area contributed by atoms with Gasteiger partial charge in [0.25, 0.3) is 0 Å². The third-order valence-electron chi connectivity index (χ3n) is 12.7. The average molecular weight is 503 g/mol. The molecular weight excluding hydrogens is 456 g/mol. The van der Waals surface area contributed by atoms with Crippen LogP contribution in [0, 0.1) is 50.2 Å². The van der Waals surface area contributed by atoms with Gasteiger partial charge < -0.3 is 20.4 Å². The Morgan fingerprint density at radius 3 is 2.11 bits per heavy atom. The number of aliphatic hydroxyl groups excluding tert-OH is 2. The fourth-order valence-electron chi connectivity index (χ4n) is 10.9. The van der Waals surface area contributed by atoms with Gasteiger partial charge in [0.1, 0.15) is 0 Å². The molecule has 6 nitrogen and oxygen atoms in total. The maximum Gasteiger partial charge on any atom is 0.314 e. The van der Waals surface area contributed by atoms with Crippen LogP contribution in [0.25, 0.3) is 0 Å². The average Bonchev–Trinajstić information content (AvgIpc) is 2.75. The summed E-state index contributed by atoms with van der Waals surface area (Å²) in [7, 11) is 0. The lowest BCUT2D eigenvalue weighted by atomic mass is 9.32. The summed E-state index contributed by atoms with van der Waals surface area (Å²) in [4.78, 5) is 26.3. The van der Waals surface area contributed by atoms with E-state index in [4.69, 9.17) is 0 Å². The van der Waals surface area contributed by atoms with E-state index < -0.39 is 45.8 Å². The van der Waals surface area contributed by atoms with Gasteiger partial charge in [0.05, 0.1) is 23.0 Å². The first-order valence-corrected chi connectivity index (χ1v) is 14.0. The zero-order valence-electron chi connectivity index (χ0n) is 22.9. The second-order valence-electron chi connectivity index (χ2n) is 15.1. The van der Waals surface area contributed by atoms with Crippen LogP contribution in [-0.2, 0) is 9.59 Å². The molecule has 6 heteroatoms. The van der Waals surface area contributed by atoms with Crippen molar-refractivity contribution in [3.63, 3.8) is 0 Å². The van der Waals surface area contributed by atoms with Crippen molar-refractivity contribution in [2.45, 2.75) is 112 Å². The number of fused-ring (bicyclic) bond motifs is 7. The molecule has 0 spiro atoms. The van der Waals surface area contributed by atoms with Crippen molar-refractivity contribution in [3.8, 4) is 0 Å². The lowest BCUT2D eigenvalue weighted by molar-refractivity contribution is -0.245. The molecule has 0 aliphatic heterocycles. The Kier molecular flexibility index (Phi) is 5.53. The lowest BCUT2D eigenvalue weighted by Crippen LogP contribution is -2.70. The van der Waals surface area contributed by atoms with Crippen molar-refractivity contribution in [2.75, 3.05) is 0 Å². The number of hydrogen-bond donors (Lipinski definition) is 4. The molecule has 0 aromatic heterocycles. The lowest BCUT2D eigenvalue weighted by Gasteiger charge is -2.71. The van der Waals surface area contributed by atoms with E-state index in [2.05, 4.69) is 47.6 Å². The Hall–Kier alpha value is -1.40. The number of hydrogen-bond acceptors (Lipinski definition) is 4. The van der Waals surface area contributed by atoms with Gasteiger partial charge in [-0.1, -0.05) is 53.2 Å². The minimum atomic E-state index is -1.18. The predicted octanol–water partition coefficient (Wildman–Crippen LogP) is 5.27. The molecule has 0 aromatic carbocycles.